The Kier molecular flexibility index (Phi) is 6.86. The maximum absolute atomic E-state index is 11.4. The van der Waals surface area contributed by atoms with Gasteiger partial charge in [-0.2, -0.15) is 0 Å². The Bertz CT molecular complexity index is 399. The Morgan fingerprint density at radius 2 is 2.11 bits per heavy atom. The zero-order valence-corrected chi connectivity index (χ0v) is 11.6. The Morgan fingerprint density at radius 3 is 2.78 bits per heavy atom. The average Bonchev–Trinajstić information content (AvgIpc) is 2.34. The first-order valence-electron chi connectivity index (χ1n) is 5.47. The third-order valence-electron chi connectivity index (χ3n) is 2.10. The lowest BCUT2D eigenvalue weighted by molar-refractivity contribution is 0.0859. The molecule has 0 heterocycles. The van der Waals surface area contributed by atoms with E-state index in [9.17, 15) is 4.79 Å². The molecular formula is C12H15Cl2NO3. The van der Waals surface area contributed by atoms with Gasteiger partial charge in [-0.25, -0.2) is 4.79 Å². The molecule has 0 atom stereocenters. The second-order valence-corrected chi connectivity index (χ2v) is 4.31. The van der Waals surface area contributed by atoms with E-state index in [4.69, 9.17) is 32.7 Å². The topological polar surface area (TPSA) is 47.6 Å². The molecule has 1 rings (SSSR count). The van der Waals surface area contributed by atoms with Crippen molar-refractivity contribution in [2.75, 3.05) is 31.0 Å². The molecule has 1 amide bonds. The highest BCUT2D eigenvalue weighted by atomic mass is 35.5. The number of rotatable bonds is 6. The van der Waals surface area contributed by atoms with Crippen molar-refractivity contribution in [3.05, 3.63) is 28.8 Å². The van der Waals surface area contributed by atoms with Crippen LogP contribution in [0.3, 0.4) is 0 Å². The Morgan fingerprint density at radius 1 is 1.33 bits per heavy atom. The van der Waals surface area contributed by atoms with Gasteiger partial charge in [-0.1, -0.05) is 17.7 Å². The van der Waals surface area contributed by atoms with E-state index in [-0.39, 0.29) is 6.61 Å². The molecule has 0 radical (unpaired) electrons. The third-order valence-corrected chi connectivity index (χ3v) is 2.66. The standard InChI is InChI=1S/C12H15Cl2NO3/c1-9-2-3-10(8-11(9)14)15-12(16)18-7-6-17-5-4-13/h2-3,8H,4-7H2,1H3,(H,15,16). The fourth-order valence-corrected chi connectivity index (χ4v) is 1.46. The zero-order valence-electron chi connectivity index (χ0n) is 10.0. The lowest BCUT2D eigenvalue weighted by Crippen LogP contribution is -2.17. The van der Waals surface area contributed by atoms with Crippen molar-refractivity contribution < 1.29 is 14.3 Å². The number of halogens is 2. The lowest BCUT2D eigenvalue weighted by atomic mass is 10.2. The molecule has 1 aromatic carbocycles. The number of hydrogen-bond acceptors (Lipinski definition) is 3. The normalized spacial score (nSPS) is 10.2. The maximum atomic E-state index is 11.4. The fourth-order valence-electron chi connectivity index (χ4n) is 1.17. The van der Waals surface area contributed by atoms with Gasteiger partial charge in [0.25, 0.3) is 0 Å². The number of anilines is 1. The second kappa shape index (κ2) is 8.19. The van der Waals surface area contributed by atoms with E-state index in [1.54, 1.807) is 12.1 Å². The summed E-state index contributed by atoms with van der Waals surface area (Å²) in [5.74, 6) is 0.425. The summed E-state index contributed by atoms with van der Waals surface area (Å²) in [6, 6.07) is 5.25. The van der Waals surface area contributed by atoms with Crippen molar-refractivity contribution in [3.63, 3.8) is 0 Å². The number of benzene rings is 1. The molecule has 0 aliphatic heterocycles. The van der Waals surface area contributed by atoms with Gasteiger partial charge < -0.3 is 9.47 Å². The van der Waals surface area contributed by atoms with E-state index in [1.165, 1.54) is 0 Å². The quantitative estimate of drug-likeness (QED) is 0.645. The summed E-state index contributed by atoms with van der Waals surface area (Å²) in [5.41, 5.74) is 1.54. The van der Waals surface area contributed by atoms with Gasteiger partial charge in [-0.3, -0.25) is 5.32 Å². The molecule has 0 bridgehead atoms. The van der Waals surface area contributed by atoms with E-state index in [1.807, 2.05) is 13.0 Å². The van der Waals surface area contributed by atoms with Gasteiger partial charge in [0.15, 0.2) is 0 Å². The van der Waals surface area contributed by atoms with Crippen molar-refractivity contribution in [2.24, 2.45) is 0 Å². The van der Waals surface area contributed by atoms with Crippen LogP contribution in [0.25, 0.3) is 0 Å². The molecule has 1 aromatic rings. The summed E-state index contributed by atoms with van der Waals surface area (Å²) in [6.45, 7) is 2.84. The molecule has 0 fully saturated rings. The number of aryl methyl sites for hydroxylation is 1. The fraction of sp³-hybridized carbons (Fsp3) is 0.417. The molecule has 0 spiro atoms. The summed E-state index contributed by atoms with van der Waals surface area (Å²) in [7, 11) is 0. The lowest BCUT2D eigenvalue weighted by Gasteiger charge is -2.08. The smallest absolute Gasteiger partial charge is 0.411 e. The monoisotopic (exact) mass is 291 g/mol. The molecule has 0 saturated carbocycles. The van der Waals surface area contributed by atoms with Crippen LogP contribution in [-0.2, 0) is 9.47 Å². The molecule has 18 heavy (non-hydrogen) atoms. The first-order valence-corrected chi connectivity index (χ1v) is 6.38. The van der Waals surface area contributed by atoms with Crippen LogP contribution in [0, 0.1) is 6.92 Å². The highest BCUT2D eigenvalue weighted by molar-refractivity contribution is 6.31. The Balaban J connectivity index is 2.29. The van der Waals surface area contributed by atoms with Gasteiger partial charge in [0.2, 0.25) is 0 Å². The first kappa shape index (κ1) is 15.1. The van der Waals surface area contributed by atoms with E-state index < -0.39 is 6.09 Å². The van der Waals surface area contributed by atoms with Crippen molar-refractivity contribution in [3.8, 4) is 0 Å². The van der Waals surface area contributed by atoms with Crippen LogP contribution in [0.2, 0.25) is 5.02 Å². The van der Waals surface area contributed by atoms with Gasteiger partial charge in [-0.05, 0) is 24.6 Å². The highest BCUT2D eigenvalue weighted by Crippen LogP contribution is 2.19. The van der Waals surface area contributed by atoms with Crippen molar-refractivity contribution in [1.82, 2.24) is 0 Å². The van der Waals surface area contributed by atoms with E-state index >= 15 is 0 Å². The van der Waals surface area contributed by atoms with Crippen molar-refractivity contribution >= 4 is 35.0 Å². The number of carbonyl (C=O) groups is 1. The van der Waals surface area contributed by atoms with E-state index in [0.29, 0.717) is 29.8 Å². The molecule has 0 unspecified atom stereocenters. The van der Waals surface area contributed by atoms with Crippen LogP contribution < -0.4 is 5.32 Å². The minimum atomic E-state index is -0.538. The molecule has 6 heteroatoms. The van der Waals surface area contributed by atoms with Crippen LogP contribution in [-0.4, -0.2) is 31.8 Å². The maximum Gasteiger partial charge on any atom is 0.411 e. The molecule has 0 aliphatic rings. The Labute approximate surface area is 116 Å². The number of nitrogens with one attached hydrogen (secondary N) is 1. The van der Waals surface area contributed by atoms with Crippen LogP contribution >= 0.6 is 23.2 Å². The largest absolute Gasteiger partial charge is 0.447 e. The SMILES string of the molecule is Cc1ccc(NC(=O)OCCOCCCl)cc1Cl. The molecule has 1 N–H and O–H groups in total. The summed E-state index contributed by atoms with van der Waals surface area (Å²) < 4.78 is 9.96. The Hall–Kier alpha value is -0.970. The molecular weight excluding hydrogens is 277 g/mol. The summed E-state index contributed by atoms with van der Waals surface area (Å²) in [5, 5.41) is 3.17. The number of ether oxygens (including phenoxy) is 2. The third kappa shape index (κ3) is 5.58. The van der Waals surface area contributed by atoms with Crippen LogP contribution in [0.1, 0.15) is 5.56 Å². The number of amides is 1. The molecule has 0 aromatic heterocycles. The van der Waals surface area contributed by atoms with E-state index in [2.05, 4.69) is 5.32 Å². The molecule has 0 aliphatic carbocycles. The van der Waals surface area contributed by atoms with Crippen LogP contribution in [0.4, 0.5) is 10.5 Å². The van der Waals surface area contributed by atoms with Gasteiger partial charge in [0, 0.05) is 16.6 Å². The molecule has 0 saturated heterocycles. The zero-order chi connectivity index (χ0) is 13.4. The number of hydrogen-bond donors (Lipinski definition) is 1. The van der Waals surface area contributed by atoms with Gasteiger partial charge in [0.05, 0.1) is 13.2 Å². The second-order valence-electron chi connectivity index (χ2n) is 3.53. The van der Waals surface area contributed by atoms with Crippen LogP contribution in [0.15, 0.2) is 18.2 Å². The summed E-state index contributed by atoms with van der Waals surface area (Å²) in [6.07, 6.45) is -0.538. The van der Waals surface area contributed by atoms with Gasteiger partial charge >= 0.3 is 6.09 Å². The number of carbonyl (C=O) groups excluding carboxylic acids is 1. The predicted molar refractivity (Wildman–Crippen MR) is 72.7 cm³/mol. The first-order chi connectivity index (χ1) is 8.63. The molecule has 4 nitrogen and oxygen atoms in total. The van der Waals surface area contributed by atoms with Gasteiger partial charge in [0.1, 0.15) is 6.61 Å². The average molecular weight is 292 g/mol. The highest BCUT2D eigenvalue weighted by Gasteiger charge is 2.04. The minimum absolute atomic E-state index is 0.183. The summed E-state index contributed by atoms with van der Waals surface area (Å²) in [4.78, 5) is 11.4. The van der Waals surface area contributed by atoms with Crippen molar-refractivity contribution in [2.45, 2.75) is 6.92 Å². The summed E-state index contributed by atoms with van der Waals surface area (Å²) >= 11 is 11.4. The van der Waals surface area contributed by atoms with Crippen LogP contribution in [0.5, 0.6) is 0 Å². The van der Waals surface area contributed by atoms with E-state index in [0.717, 1.165) is 5.56 Å². The van der Waals surface area contributed by atoms with Crippen molar-refractivity contribution in [1.29, 1.82) is 0 Å². The minimum Gasteiger partial charge on any atom is -0.447 e. The van der Waals surface area contributed by atoms with Gasteiger partial charge in [-0.15, -0.1) is 11.6 Å². The molecule has 100 valence electrons. The predicted octanol–water partition coefficient (Wildman–Crippen LogP) is 3.45. The number of alkyl halides is 1.